The molecule has 29 heavy (non-hydrogen) atoms. The Morgan fingerprint density at radius 3 is 1.97 bits per heavy atom. The minimum absolute atomic E-state index is 0.505. The second kappa shape index (κ2) is 10.4. The van der Waals surface area contributed by atoms with E-state index in [0.29, 0.717) is 5.82 Å². The molecular formula is C27H47BN+. The van der Waals surface area contributed by atoms with Crippen molar-refractivity contribution in [3.05, 3.63) is 0 Å². The van der Waals surface area contributed by atoms with E-state index >= 15 is 0 Å². The van der Waals surface area contributed by atoms with Gasteiger partial charge >= 0.3 is 0 Å². The lowest BCUT2D eigenvalue weighted by atomic mass is 9.64. The topological polar surface area (TPSA) is 3.01 Å². The maximum absolute atomic E-state index is 6.16. The molecule has 3 saturated carbocycles. The quantitative estimate of drug-likeness (QED) is 0.313. The van der Waals surface area contributed by atoms with Gasteiger partial charge in [-0.2, -0.15) is 0 Å². The molecule has 0 aromatic rings. The normalized spacial score (nSPS) is 37.9. The van der Waals surface area contributed by atoms with Crippen molar-refractivity contribution < 1.29 is 4.58 Å². The van der Waals surface area contributed by atoms with Crippen LogP contribution in [0.4, 0.5) is 0 Å². The fourth-order valence-corrected chi connectivity index (χ4v) is 7.73. The largest absolute Gasteiger partial charge is 0.230 e. The van der Waals surface area contributed by atoms with E-state index in [4.69, 9.17) is 7.85 Å². The molecule has 2 unspecified atom stereocenters. The monoisotopic (exact) mass is 396 g/mol. The van der Waals surface area contributed by atoms with Gasteiger partial charge in [-0.05, 0) is 63.2 Å². The lowest BCUT2D eigenvalue weighted by molar-refractivity contribution is -0.639. The molecule has 1 aliphatic heterocycles. The molecule has 0 N–H and O–H groups in total. The van der Waals surface area contributed by atoms with Gasteiger partial charge in [0.25, 0.3) is 0 Å². The van der Waals surface area contributed by atoms with Crippen LogP contribution in [0.2, 0.25) is 5.82 Å². The number of hydrogen-bond donors (Lipinski definition) is 0. The summed E-state index contributed by atoms with van der Waals surface area (Å²) in [7, 11) is 6.16. The van der Waals surface area contributed by atoms with Crippen LogP contribution in [0.5, 0.6) is 0 Å². The minimum atomic E-state index is 0.505. The van der Waals surface area contributed by atoms with E-state index in [0.717, 1.165) is 35.8 Å². The zero-order valence-electron chi connectivity index (χ0n) is 19.6. The Hall–Kier alpha value is -0.265. The third-order valence-electron chi connectivity index (χ3n) is 9.52. The summed E-state index contributed by atoms with van der Waals surface area (Å²) in [6.45, 7) is 4.81. The van der Waals surface area contributed by atoms with E-state index in [1.807, 2.05) is 5.71 Å². The van der Waals surface area contributed by atoms with Crippen molar-refractivity contribution in [3.8, 4) is 0 Å². The molecule has 0 amide bonds. The first kappa shape index (κ1) is 21.9. The molecule has 3 aliphatic carbocycles. The highest BCUT2D eigenvalue weighted by molar-refractivity contribution is 6.11. The van der Waals surface area contributed by atoms with Crippen molar-refractivity contribution in [1.82, 2.24) is 0 Å². The van der Waals surface area contributed by atoms with Crippen molar-refractivity contribution in [2.24, 2.45) is 23.7 Å². The van der Waals surface area contributed by atoms with Gasteiger partial charge in [-0.15, -0.1) is 0 Å². The molecule has 0 aromatic carbocycles. The number of nitrogens with zero attached hydrogens (tertiary/aromatic N) is 1. The number of hydrogen-bond acceptors (Lipinski definition) is 0. The molecule has 2 heteroatoms. The van der Waals surface area contributed by atoms with Gasteiger partial charge in [0.15, 0.2) is 17.8 Å². The van der Waals surface area contributed by atoms with Crippen LogP contribution in [-0.4, -0.2) is 30.2 Å². The van der Waals surface area contributed by atoms with Crippen LogP contribution < -0.4 is 0 Å². The summed E-state index contributed by atoms with van der Waals surface area (Å²) < 4.78 is 3.05. The molecule has 4 rings (SSSR count). The summed E-state index contributed by atoms with van der Waals surface area (Å²) in [5, 5.41) is 0. The molecule has 0 spiro atoms. The molecule has 0 bridgehead atoms. The Labute approximate surface area is 182 Å². The Kier molecular flexibility index (Phi) is 7.84. The zero-order valence-corrected chi connectivity index (χ0v) is 19.6. The molecule has 4 aliphatic rings. The molecule has 3 fully saturated rings. The van der Waals surface area contributed by atoms with Crippen LogP contribution in [0.3, 0.4) is 0 Å². The van der Waals surface area contributed by atoms with E-state index in [2.05, 4.69) is 18.4 Å². The smallest absolute Gasteiger partial charge is 0.165 e. The summed E-state index contributed by atoms with van der Waals surface area (Å²) in [6, 6.07) is 1.79. The zero-order chi connectivity index (χ0) is 20.2. The fraction of sp³-hybridized carbons (Fsp3) is 0.963. The highest BCUT2D eigenvalue weighted by atomic mass is 15.1. The van der Waals surface area contributed by atoms with E-state index in [-0.39, 0.29) is 0 Å². The maximum Gasteiger partial charge on any atom is 0.165 e. The highest BCUT2D eigenvalue weighted by Crippen LogP contribution is 2.45. The molecule has 2 atom stereocenters. The van der Waals surface area contributed by atoms with Crippen LogP contribution in [0.1, 0.15) is 123 Å². The van der Waals surface area contributed by atoms with Crippen molar-refractivity contribution >= 4 is 13.6 Å². The van der Waals surface area contributed by atoms with Gasteiger partial charge < -0.3 is 0 Å². The standard InChI is InChI=1S/C27H47BN/c1-3-8-20(4-2)26-19-27(29(26)25-9-6-5-7-10-25)23-13-11-21(12-14-23)22-15-17-24(28)18-16-22/h20-25,27H,3-19H2,1-2H3/q+1. The average molecular weight is 396 g/mol. The Balaban J connectivity index is 1.39. The fourth-order valence-electron chi connectivity index (χ4n) is 7.73. The van der Waals surface area contributed by atoms with Crippen LogP contribution in [-0.2, 0) is 0 Å². The molecule has 2 radical (unpaired) electrons. The van der Waals surface area contributed by atoms with Gasteiger partial charge in [0.1, 0.15) is 0 Å². The summed E-state index contributed by atoms with van der Waals surface area (Å²) in [4.78, 5) is 0. The van der Waals surface area contributed by atoms with Gasteiger partial charge in [-0.3, -0.25) is 0 Å². The first-order valence-corrected chi connectivity index (χ1v) is 13.6. The van der Waals surface area contributed by atoms with E-state index < -0.39 is 0 Å². The molecule has 1 nitrogen and oxygen atoms in total. The summed E-state index contributed by atoms with van der Waals surface area (Å²) in [5.41, 5.74) is 1.88. The van der Waals surface area contributed by atoms with Crippen molar-refractivity contribution in [2.45, 2.75) is 141 Å². The Morgan fingerprint density at radius 2 is 1.38 bits per heavy atom. The van der Waals surface area contributed by atoms with Gasteiger partial charge in [-0.1, -0.05) is 58.2 Å². The highest BCUT2D eigenvalue weighted by Gasteiger charge is 2.49. The van der Waals surface area contributed by atoms with Crippen LogP contribution >= 0.6 is 0 Å². The summed E-state index contributed by atoms with van der Waals surface area (Å²) >= 11 is 0. The first-order chi connectivity index (χ1) is 14.2. The average Bonchev–Trinajstić information content (AvgIpc) is 2.74. The van der Waals surface area contributed by atoms with Crippen molar-refractivity contribution in [2.75, 3.05) is 0 Å². The van der Waals surface area contributed by atoms with E-state index in [1.165, 1.54) is 109 Å². The van der Waals surface area contributed by atoms with Crippen LogP contribution in [0.25, 0.3) is 0 Å². The Morgan fingerprint density at radius 1 is 0.793 bits per heavy atom. The second-order valence-corrected chi connectivity index (χ2v) is 11.2. The van der Waals surface area contributed by atoms with Crippen LogP contribution in [0.15, 0.2) is 0 Å². The Bertz CT molecular complexity index is 533. The molecule has 0 saturated heterocycles. The van der Waals surface area contributed by atoms with Gasteiger partial charge in [0.2, 0.25) is 0 Å². The molecule has 162 valence electrons. The van der Waals surface area contributed by atoms with Crippen LogP contribution in [0, 0.1) is 23.7 Å². The summed E-state index contributed by atoms with van der Waals surface area (Å²) in [5.74, 6) is 4.39. The maximum atomic E-state index is 6.16. The molecule has 1 heterocycles. The predicted molar refractivity (Wildman–Crippen MR) is 126 cm³/mol. The molecular weight excluding hydrogens is 349 g/mol. The SMILES string of the molecule is [B]C1CCC(C2CCC(C3CC(C(CC)CCC)=[N+]3C3CCCCC3)CC2)CC1. The minimum Gasteiger partial charge on any atom is -0.230 e. The lowest BCUT2D eigenvalue weighted by Gasteiger charge is -2.43. The first-order valence-electron chi connectivity index (χ1n) is 13.6. The van der Waals surface area contributed by atoms with E-state index in [1.54, 1.807) is 0 Å². The van der Waals surface area contributed by atoms with Gasteiger partial charge in [0.05, 0.1) is 14.3 Å². The van der Waals surface area contributed by atoms with E-state index in [9.17, 15) is 0 Å². The van der Waals surface area contributed by atoms with Crippen molar-refractivity contribution in [1.29, 1.82) is 0 Å². The third-order valence-corrected chi connectivity index (χ3v) is 9.52. The second-order valence-electron chi connectivity index (χ2n) is 11.2. The number of rotatable bonds is 7. The van der Waals surface area contributed by atoms with Crippen molar-refractivity contribution in [3.63, 3.8) is 0 Å². The van der Waals surface area contributed by atoms with Gasteiger partial charge in [0, 0.05) is 24.7 Å². The third kappa shape index (κ3) is 4.98. The summed E-state index contributed by atoms with van der Waals surface area (Å²) in [6.07, 6.45) is 24.4. The molecule has 0 aromatic heterocycles. The van der Waals surface area contributed by atoms with Gasteiger partial charge in [-0.25, -0.2) is 4.58 Å². The lowest BCUT2D eigenvalue weighted by Crippen LogP contribution is -2.56. The predicted octanol–water partition coefficient (Wildman–Crippen LogP) is 7.32.